The van der Waals surface area contributed by atoms with Crippen LogP contribution in [0.1, 0.15) is 26.2 Å². The molecule has 2 amide bonds. The fourth-order valence-corrected chi connectivity index (χ4v) is 0.922. The fraction of sp³-hybridized carbons (Fsp3) is 0.750. The summed E-state index contributed by atoms with van der Waals surface area (Å²) in [5.41, 5.74) is 4.95. The summed E-state index contributed by atoms with van der Waals surface area (Å²) in [7, 11) is 0. The van der Waals surface area contributed by atoms with Crippen LogP contribution in [0.25, 0.3) is 0 Å². The molecule has 3 N–H and O–H groups in total. The summed E-state index contributed by atoms with van der Waals surface area (Å²) in [6, 6.07) is -0.674. The minimum Gasteiger partial charge on any atom is -0.446 e. The summed E-state index contributed by atoms with van der Waals surface area (Å²) in [5, 5.41) is 2.34. The fourth-order valence-electron chi connectivity index (χ4n) is 0.922. The van der Waals surface area contributed by atoms with Gasteiger partial charge in [-0.3, -0.25) is 4.79 Å². The Morgan fingerprint density at radius 2 is 2.15 bits per heavy atom. The lowest BCUT2D eigenvalue weighted by Crippen LogP contribution is -2.44. The molecule has 0 saturated heterocycles. The van der Waals surface area contributed by atoms with E-state index in [-0.39, 0.29) is 6.10 Å². The van der Waals surface area contributed by atoms with E-state index in [0.29, 0.717) is 0 Å². The third kappa shape index (κ3) is 2.93. The van der Waals surface area contributed by atoms with Crippen LogP contribution >= 0.6 is 0 Å². The lowest BCUT2D eigenvalue weighted by Gasteiger charge is -2.25. The first-order valence-corrected chi connectivity index (χ1v) is 4.36. The molecule has 1 aliphatic carbocycles. The second-order valence-corrected chi connectivity index (χ2v) is 3.23. The zero-order valence-corrected chi connectivity index (χ0v) is 7.58. The molecular weight excluding hydrogens is 172 g/mol. The molecular formula is C8H14N2O3. The first kappa shape index (κ1) is 9.83. The van der Waals surface area contributed by atoms with E-state index in [4.69, 9.17) is 10.5 Å². The lowest BCUT2D eigenvalue weighted by atomic mass is 9.96. The maximum absolute atomic E-state index is 11.0. The number of carbonyl (C=O) groups excluding carboxylic acids is 2. The van der Waals surface area contributed by atoms with Gasteiger partial charge in [0.1, 0.15) is 12.1 Å². The van der Waals surface area contributed by atoms with Crippen LogP contribution in [-0.4, -0.2) is 24.1 Å². The van der Waals surface area contributed by atoms with Crippen molar-refractivity contribution in [3.63, 3.8) is 0 Å². The molecule has 13 heavy (non-hydrogen) atoms. The van der Waals surface area contributed by atoms with Crippen molar-refractivity contribution in [2.24, 2.45) is 5.73 Å². The number of carbonyl (C=O) groups is 2. The van der Waals surface area contributed by atoms with Gasteiger partial charge in [-0.05, 0) is 26.2 Å². The number of hydrogen-bond donors (Lipinski definition) is 2. The number of ether oxygens (including phenoxy) is 1. The molecule has 1 atom stereocenters. The second-order valence-electron chi connectivity index (χ2n) is 3.23. The SMILES string of the molecule is CC(NC(=O)OC1CCC1)C(N)=O. The van der Waals surface area contributed by atoms with Crippen LogP contribution in [-0.2, 0) is 9.53 Å². The van der Waals surface area contributed by atoms with Crippen LogP contribution in [0, 0.1) is 0 Å². The Morgan fingerprint density at radius 3 is 2.54 bits per heavy atom. The summed E-state index contributed by atoms with van der Waals surface area (Å²) in [6.07, 6.45) is 2.40. The summed E-state index contributed by atoms with van der Waals surface area (Å²) >= 11 is 0. The van der Waals surface area contributed by atoms with Gasteiger partial charge in [-0.15, -0.1) is 0 Å². The Balaban J connectivity index is 2.19. The Labute approximate surface area is 76.6 Å². The van der Waals surface area contributed by atoms with E-state index < -0.39 is 18.0 Å². The highest BCUT2D eigenvalue weighted by Crippen LogP contribution is 2.21. The molecule has 0 heterocycles. The van der Waals surface area contributed by atoms with Crippen molar-refractivity contribution in [2.75, 3.05) is 0 Å². The molecule has 0 aromatic carbocycles. The van der Waals surface area contributed by atoms with Crippen molar-refractivity contribution in [3.8, 4) is 0 Å². The van der Waals surface area contributed by atoms with Crippen LogP contribution in [0.5, 0.6) is 0 Å². The third-order valence-corrected chi connectivity index (χ3v) is 2.09. The van der Waals surface area contributed by atoms with Crippen molar-refractivity contribution in [1.82, 2.24) is 5.32 Å². The maximum Gasteiger partial charge on any atom is 0.408 e. The van der Waals surface area contributed by atoms with Crippen molar-refractivity contribution >= 4 is 12.0 Å². The number of primary amides is 1. The second kappa shape index (κ2) is 4.11. The molecule has 0 bridgehead atoms. The Bertz CT molecular complexity index is 213. The average Bonchev–Trinajstić information content (AvgIpc) is 1.96. The van der Waals surface area contributed by atoms with Gasteiger partial charge in [0.15, 0.2) is 0 Å². The standard InChI is InChI=1S/C8H14N2O3/c1-5(7(9)11)10-8(12)13-6-3-2-4-6/h5-6H,2-4H2,1H3,(H2,9,11)(H,10,12). The quantitative estimate of drug-likeness (QED) is 0.657. The molecule has 5 heteroatoms. The smallest absolute Gasteiger partial charge is 0.408 e. The van der Waals surface area contributed by atoms with Crippen LogP contribution in [0.3, 0.4) is 0 Å². The molecule has 0 aliphatic heterocycles. The molecule has 0 spiro atoms. The van der Waals surface area contributed by atoms with Gasteiger partial charge >= 0.3 is 6.09 Å². The monoisotopic (exact) mass is 186 g/mol. The minimum atomic E-state index is -0.674. The molecule has 5 nitrogen and oxygen atoms in total. The van der Waals surface area contributed by atoms with E-state index in [0.717, 1.165) is 19.3 Å². The largest absolute Gasteiger partial charge is 0.446 e. The Kier molecular flexibility index (Phi) is 3.11. The molecule has 74 valence electrons. The van der Waals surface area contributed by atoms with Gasteiger partial charge in [-0.1, -0.05) is 0 Å². The van der Waals surface area contributed by atoms with Crippen LogP contribution < -0.4 is 11.1 Å². The van der Waals surface area contributed by atoms with E-state index in [1.807, 2.05) is 0 Å². The first-order valence-electron chi connectivity index (χ1n) is 4.36. The average molecular weight is 186 g/mol. The number of nitrogens with two attached hydrogens (primary N) is 1. The van der Waals surface area contributed by atoms with Crippen LogP contribution in [0.2, 0.25) is 0 Å². The first-order chi connectivity index (χ1) is 6.09. The van der Waals surface area contributed by atoms with Gasteiger partial charge in [-0.2, -0.15) is 0 Å². The molecule has 1 unspecified atom stereocenters. The van der Waals surface area contributed by atoms with Crippen molar-refractivity contribution in [3.05, 3.63) is 0 Å². The molecule has 1 rings (SSSR count). The van der Waals surface area contributed by atoms with Crippen molar-refractivity contribution < 1.29 is 14.3 Å². The highest BCUT2D eigenvalue weighted by molar-refractivity contribution is 5.83. The normalized spacial score (nSPS) is 18.5. The predicted octanol–water partition coefficient (Wildman–Crippen LogP) is 0.139. The highest BCUT2D eigenvalue weighted by atomic mass is 16.6. The third-order valence-electron chi connectivity index (χ3n) is 2.09. The molecule has 1 fully saturated rings. The zero-order valence-electron chi connectivity index (χ0n) is 7.58. The number of rotatable bonds is 3. The molecule has 1 aliphatic rings. The van der Waals surface area contributed by atoms with Crippen molar-refractivity contribution in [2.45, 2.75) is 38.3 Å². The molecule has 0 aromatic heterocycles. The summed E-state index contributed by atoms with van der Waals surface area (Å²) in [5.74, 6) is -0.564. The summed E-state index contributed by atoms with van der Waals surface area (Å²) < 4.78 is 4.95. The van der Waals surface area contributed by atoms with Crippen LogP contribution in [0.4, 0.5) is 4.79 Å². The van der Waals surface area contributed by atoms with Gasteiger partial charge in [0.25, 0.3) is 0 Å². The zero-order chi connectivity index (χ0) is 9.84. The van der Waals surface area contributed by atoms with E-state index in [9.17, 15) is 9.59 Å². The predicted molar refractivity (Wildman–Crippen MR) is 45.9 cm³/mol. The number of amides is 2. The Morgan fingerprint density at radius 1 is 1.54 bits per heavy atom. The van der Waals surface area contributed by atoms with E-state index in [1.165, 1.54) is 6.92 Å². The van der Waals surface area contributed by atoms with Crippen LogP contribution in [0.15, 0.2) is 0 Å². The van der Waals surface area contributed by atoms with Crippen molar-refractivity contribution in [1.29, 1.82) is 0 Å². The lowest BCUT2D eigenvalue weighted by molar-refractivity contribution is -0.119. The molecule has 1 saturated carbocycles. The van der Waals surface area contributed by atoms with Gasteiger partial charge in [0.05, 0.1) is 0 Å². The van der Waals surface area contributed by atoms with Gasteiger partial charge in [0.2, 0.25) is 5.91 Å². The van der Waals surface area contributed by atoms with Gasteiger partial charge in [0, 0.05) is 0 Å². The van der Waals surface area contributed by atoms with E-state index >= 15 is 0 Å². The number of nitrogens with one attached hydrogen (secondary N) is 1. The van der Waals surface area contributed by atoms with Gasteiger partial charge in [-0.25, -0.2) is 4.79 Å². The highest BCUT2D eigenvalue weighted by Gasteiger charge is 2.22. The number of hydrogen-bond acceptors (Lipinski definition) is 3. The number of alkyl carbamates (subject to hydrolysis) is 1. The van der Waals surface area contributed by atoms with Gasteiger partial charge < -0.3 is 15.8 Å². The van der Waals surface area contributed by atoms with E-state index in [2.05, 4.69) is 5.32 Å². The summed E-state index contributed by atoms with van der Waals surface area (Å²) in [4.78, 5) is 21.6. The summed E-state index contributed by atoms with van der Waals surface area (Å²) in [6.45, 7) is 1.52. The molecule has 0 radical (unpaired) electrons. The minimum absolute atomic E-state index is 0.0278. The topological polar surface area (TPSA) is 81.4 Å². The maximum atomic E-state index is 11.0. The molecule has 0 aromatic rings. The Hall–Kier alpha value is -1.26. The van der Waals surface area contributed by atoms with E-state index in [1.54, 1.807) is 0 Å².